The molecular formula is C16H26Cl2N2O2. The number of benzene rings is 1. The molecule has 0 spiro atoms. The van der Waals surface area contributed by atoms with Crippen molar-refractivity contribution >= 4 is 24.8 Å². The molecule has 0 aromatic heterocycles. The van der Waals surface area contributed by atoms with Crippen molar-refractivity contribution in [1.82, 2.24) is 10.2 Å². The molecule has 0 radical (unpaired) electrons. The smallest absolute Gasteiger partial charge is 0.162 e. The van der Waals surface area contributed by atoms with Gasteiger partial charge in [-0.3, -0.25) is 0 Å². The summed E-state index contributed by atoms with van der Waals surface area (Å²) in [6.45, 7) is 5.58. The zero-order valence-corrected chi connectivity index (χ0v) is 15.1. The van der Waals surface area contributed by atoms with Gasteiger partial charge in [0.15, 0.2) is 11.5 Å². The van der Waals surface area contributed by atoms with Gasteiger partial charge < -0.3 is 19.7 Å². The fourth-order valence-electron chi connectivity index (χ4n) is 1.70. The summed E-state index contributed by atoms with van der Waals surface area (Å²) >= 11 is 0. The molecular weight excluding hydrogens is 323 g/mol. The quantitative estimate of drug-likeness (QED) is 0.549. The van der Waals surface area contributed by atoms with Gasteiger partial charge in [-0.15, -0.1) is 31.2 Å². The first-order valence-corrected chi connectivity index (χ1v) is 6.84. The summed E-state index contributed by atoms with van der Waals surface area (Å²) in [5.74, 6) is 3.90. The standard InChI is InChI=1S/C16H24N2O2.2ClH/c1-5-11-20-15-8-7-14(12-16(15)19-6-2)13-17-9-10-18(3)4;;/h1,7-8,12,17H,6,9-11,13H2,2-4H3;2*1H. The van der Waals surface area contributed by atoms with Crippen molar-refractivity contribution < 1.29 is 9.47 Å². The Bertz CT molecular complexity index is 448. The van der Waals surface area contributed by atoms with Crippen LogP contribution in [0.4, 0.5) is 0 Å². The van der Waals surface area contributed by atoms with E-state index in [-0.39, 0.29) is 31.4 Å². The molecule has 126 valence electrons. The number of terminal acetylenes is 1. The molecule has 0 unspecified atom stereocenters. The van der Waals surface area contributed by atoms with E-state index in [4.69, 9.17) is 15.9 Å². The number of nitrogens with zero attached hydrogens (tertiary/aromatic N) is 1. The fourth-order valence-corrected chi connectivity index (χ4v) is 1.70. The molecule has 0 fully saturated rings. The number of halogens is 2. The van der Waals surface area contributed by atoms with Crippen molar-refractivity contribution in [2.45, 2.75) is 13.5 Å². The highest BCUT2D eigenvalue weighted by molar-refractivity contribution is 5.85. The van der Waals surface area contributed by atoms with E-state index in [2.05, 4.69) is 30.2 Å². The van der Waals surface area contributed by atoms with Gasteiger partial charge in [0.2, 0.25) is 0 Å². The summed E-state index contributed by atoms with van der Waals surface area (Å²) in [6, 6.07) is 5.93. The first-order valence-electron chi connectivity index (χ1n) is 6.84. The number of likely N-dealkylation sites (N-methyl/N-ethyl adjacent to an activating group) is 1. The second-order valence-electron chi connectivity index (χ2n) is 4.69. The Morgan fingerprint density at radius 3 is 2.50 bits per heavy atom. The molecule has 0 bridgehead atoms. The monoisotopic (exact) mass is 348 g/mol. The lowest BCUT2D eigenvalue weighted by Crippen LogP contribution is -2.26. The van der Waals surface area contributed by atoms with E-state index in [0.29, 0.717) is 12.4 Å². The van der Waals surface area contributed by atoms with Crippen LogP contribution in [0.15, 0.2) is 18.2 Å². The average Bonchev–Trinajstić information content (AvgIpc) is 2.43. The highest BCUT2D eigenvalue weighted by atomic mass is 35.5. The maximum Gasteiger partial charge on any atom is 0.162 e. The number of rotatable bonds is 9. The molecule has 0 atom stereocenters. The number of ether oxygens (including phenoxy) is 2. The van der Waals surface area contributed by atoms with Gasteiger partial charge in [-0.25, -0.2) is 0 Å². The topological polar surface area (TPSA) is 33.7 Å². The number of hydrogen-bond donors (Lipinski definition) is 1. The maximum atomic E-state index is 5.59. The zero-order valence-electron chi connectivity index (χ0n) is 13.4. The molecule has 0 amide bonds. The van der Waals surface area contributed by atoms with Crippen LogP contribution in [-0.2, 0) is 6.54 Å². The molecule has 0 aliphatic carbocycles. The Morgan fingerprint density at radius 1 is 1.18 bits per heavy atom. The Labute approximate surface area is 146 Å². The van der Waals surface area contributed by atoms with Gasteiger partial charge in [-0.2, -0.15) is 0 Å². The van der Waals surface area contributed by atoms with Crippen molar-refractivity contribution in [1.29, 1.82) is 0 Å². The van der Waals surface area contributed by atoms with E-state index in [0.717, 1.165) is 25.4 Å². The SMILES string of the molecule is C#CCOc1ccc(CNCCN(C)C)cc1OCC.Cl.Cl. The van der Waals surface area contributed by atoms with Crippen molar-refractivity contribution in [2.24, 2.45) is 0 Å². The third-order valence-corrected chi connectivity index (χ3v) is 2.68. The van der Waals surface area contributed by atoms with E-state index in [9.17, 15) is 0 Å². The molecule has 1 aromatic rings. The molecule has 1 aromatic carbocycles. The third kappa shape index (κ3) is 9.01. The third-order valence-electron chi connectivity index (χ3n) is 2.68. The van der Waals surface area contributed by atoms with Crippen LogP contribution < -0.4 is 14.8 Å². The van der Waals surface area contributed by atoms with Crippen LogP contribution in [0, 0.1) is 12.3 Å². The minimum Gasteiger partial charge on any atom is -0.490 e. The van der Waals surface area contributed by atoms with Crippen LogP contribution in [0.5, 0.6) is 11.5 Å². The minimum absolute atomic E-state index is 0. The lowest BCUT2D eigenvalue weighted by atomic mass is 10.2. The average molecular weight is 349 g/mol. The van der Waals surface area contributed by atoms with E-state index in [1.165, 1.54) is 5.56 Å². The van der Waals surface area contributed by atoms with Gasteiger partial charge in [-0.1, -0.05) is 12.0 Å². The predicted molar refractivity (Wildman–Crippen MR) is 96.7 cm³/mol. The van der Waals surface area contributed by atoms with Crippen LogP contribution in [0.25, 0.3) is 0 Å². The molecule has 0 saturated heterocycles. The highest BCUT2D eigenvalue weighted by Gasteiger charge is 2.06. The van der Waals surface area contributed by atoms with Crippen molar-refractivity contribution in [3.05, 3.63) is 23.8 Å². The van der Waals surface area contributed by atoms with Gasteiger partial charge in [0, 0.05) is 19.6 Å². The highest BCUT2D eigenvalue weighted by Crippen LogP contribution is 2.28. The zero-order chi connectivity index (χ0) is 14.8. The van der Waals surface area contributed by atoms with E-state index in [1.807, 2.05) is 25.1 Å². The van der Waals surface area contributed by atoms with Crippen molar-refractivity contribution in [2.75, 3.05) is 40.4 Å². The molecule has 0 saturated carbocycles. The van der Waals surface area contributed by atoms with E-state index < -0.39 is 0 Å². The lowest BCUT2D eigenvalue weighted by molar-refractivity contribution is 0.299. The Morgan fingerprint density at radius 2 is 1.91 bits per heavy atom. The van der Waals surface area contributed by atoms with E-state index in [1.54, 1.807) is 0 Å². The normalized spacial score (nSPS) is 9.41. The summed E-state index contributed by atoms with van der Waals surface area (Å²) < 4.78 is 11.1. The molecule has 0 aliphatic rings. The summed E-state index contributed by atoms with van der Waals surface area (Å²) in [5, 5.41) is 3.39. The van der Waals surface area contributed by atoms with Gasteiger partial charge >= 0.3 is 0 Å². The molecule has 6 heteroatoms. The van der Waals surface area contributed by atoms with Crippen LogP contribution in [0.3, 0.4) is 0 Å². The Hall–Kier alpha value is -1.12. The van der Waals surface area contributed by atoms with Gasteiger partial charge in [-0.05, 0) is 38.7 Å². The van der Waals surface area contributed by atoms with Crippen LogP contribution in [0.2, 0.25) is 0 Å². The van der Waals surface area contributed by atoms with Crippen LogP contribution >= 0.6 is 24.8 Å². The molecule has 22 heavy (non-hydrogen) atoms. The summed E-state index contributed by atoms with van der Waals surface area (Å²) in [7, 11) is 4.12. The number of hydrogen-bond acceptors (Lipinski definition) is 4. The fraction of sp³-hybridized carbons (Fsp3) is 0.500. The number of nitrogens with one attached hydrogen (secondary N) is 1. The van der Waals surface area contributed by atoms with Crippen molar-refractivity contribution in [3.8, 4) is 23.8 Å². The first kappa shape index (κ1) is 23.2. The maximum absolute atomic E-state index is 5.59. The van der Waals surface area contributed by atoms with E-state index >= 15 is 0 Å². The largest absolute Gasteiger partial charge is 0.490 e. The lowest BCUT2D eigenvalue weighted by Gasteiger charge is -2.13. The van der Waals surface area contributed by atoms with Crippen LogP contribution in [-0.4, -0.2) is 45.3 Å². The molecule has 0 aliphatic heterocycles. The van der Waals surface area contributed by atoms with Crippen molar-refractivity contribution in [3.63, 3.8) is 0 Å². The summed E-state index contributed by atoms with van der Waals surface area (Å²) in [6.07, 6.45) is 5.21. The Balaban J connectivity index is 0. The summed E-state index contributed by atoms with van der Waals surface area (Å²) in [4.78, 5) is 2.15. The van der Waals surface area contributed by atoms with Crippen LogP contribution in [0.1, 0.15) is 12.5 Å². The summed E-state index contributed by atoms with van der Waals surface area (Å²) in [5.41, 5.74) is 1.17. The Kier molecular flexibility index (Phi) is 14.2. The van der Waals surface area contributed by atoms with Gasteiger partial charge in [0.25, 0.3) is 0 Å². The van der Waals surface area contributed by atoms with Gasteiger partial charge in [0.05, 0.1) is 6.61 Å². The molecule has 1 N–H and O–H groups in total. The minimum atomic E-state index is 0. The second kappa shape index (κ2) is 13.5. The predicted octanol–water partition coefficient (Wildman–Crippen LogP) is 2.59. The molecule has 0 heterocycles. The molecule has 1 rings (SSSR count). The second-order valence-corrected chi connectivity index (χ2v) is 4.69. The molecule has 4 nitrogen and oxygen atoms in total. The first-order chi connectivity index (χ1) is 9.67. The van der Waals surface area contributed by atoms with Gasteiger partial charge in [0.1, 0.15) is 6.61 Å².